The summed E-state index contributed by atoms with van der Waals surface area (Å²) in [6.07, 6.45) is 8.37. The zero-order valence-electron chi connectivity index (χ0n) is 21.7. The van der Waals surface area contributed by atoms with Gasteiger partial charge in [-0.15, -0.1) is 22.7 Å². The Hall–Kier alpha value is -3.14. The molecule has 0 saturated carbocycles. The molecule has 4 heterocycles. The van der Waals surface area contributed by atoms with Crippen molar-refractivity contribution in [2.45, 2.75) is 45.4 Å². The van der Waals surface area contributed by atoms with Gasteiger partial charge >= 0.3 is 0 Å². The second-order valence-electron chi connectivity index (χ2n) is 9.60. The maximum Gasteiger partial charge on any atom is 0.265 e. The van der Waals surface area contributed by atoms with Crippen molar-refractivity contribution in [2.24, 2.45) is 0 Å². The van der Waals surface area contributed by atoms with Gasteiger partial charge in [0.2, 0.25) is 0 Å². The first-order chi connectivity index (χ1) is 18.6. The number of benzene rings is 1. The van der Waals surface area contributed by atoms with E-state index >= 15 is 0 Å². The van der Waals surface area contributed by atoms with Gasteiger partial charge in [0.25, 0.3) is 11.8 Å². The summed E-state index contributed by atoms with van der Waals surface area (Å²) in [4.78, 5) is 39.6. The van der Waals surface area contributed by atoms with Crippen molar-refractivity contribution in [3.63, 3.8) is 0 Å². The maximum absolute atomic E-state index is 13.1. The number of piperidine rings is 1. The van der Waals surface area contributed by atoms with Crippen molar-refractivity contribution in [3.8, 4) is 10.6 Å². The van der Waals surface area contributed by atoms with Crippen molar-refractivity contribution in [1.29, 1.82) is 0 Å². The van der Waals surface area contributed by atoms with Crippen LogP contribution < -0.4 is 10.6 Å². The minimum Gasteiger partial charge on any atom is -0.350 e. The summed E-state index contributed by atoms with van der Waals surface area (Å²) in [6, 6.07) is 13.3. The highest BCUT2D eigenvalue weighted by Crippen LogP contribution is 2.30. The summed E-state index contributed by atoms with van der Waals surface area (Å²) in [5.41, 5.74) is 2.52. The largest absolute Gasteiger partial charge is 0.350 e. The Morgan fingerprint density at radius 1 is 1.03 bits per heavy atom. The van der Waals surface area contributed by atoms with E-state index in [4.69, 9.17) is 4.98 Å². The molecule has 0 bridgehead atoms. The number of anilines is 1. The highest BCUT2D eigenvalue weighted by Gasteiger charge is 2.19. The van der Waals surface area contributed by atoms with Crippen LogP contribution in [0.1, 0.15) is 64.1 Å². The number of rotatable bonds is 10. The van der Waals surface area contributed by atoms with E-state index in [1.807, 2.05) is 42.5 Å². The first kappa shape index (κ1) is 26.5. The van der Waals surface area contributed by atoms with E-state index in [0.717, 1.165) is 65.4 Å². The Morgan fingerprint density at radius 3 is 2.61 bits per heavy atom. The molecule has 3 aromatic heterocycles. The molecule has 0 aliphatic carbocycles. The maximum atomic E-state index is 13.1. The SMILES string of the molecule is CCCCc1nc(-c2ccc(NC(=O)c3cc4cccnc4s3)cc2)sc1C(=O)NCCN1CCCCC1. The lowest BCUT2D eigenvalue weighted by molar-refractivity contribution is 0.0948. The number of likely N-dealkylation sites (tertiary alicyclic amines) is 1. The molecule has 1 aliphatic heterocycles. The minimum atomic E-state index is -0.152. The summed E-state index contributed by atoms with van der Waals surface area (Å²) in [5, 5.41) is 7.88. The van der Waals surface area contributed by atoms with Gasteiger partial charge in [-0.05, 0) is 75.2 Å². The van der Waals surface area contributed by atoms with Crippen LogP contribution in [-0.4, -0.2) is 52.9 Å². The van der Waals surface area contributed by atoms with Gasteiger partial charge in [0, 0.05) is 35.9 Å². The number of hydrogen-bond acceptors (Lipinski definition) is 7. The van der Waals surface area contributed by atoms with Crippen LogP contribution in [0, 0.1) is 0 Å². The monoisotopic (exact) mass is 547 g/mol. The van der Waals surface area contributed by atoms with Crippen molar-refractivity contribution in [1.82, 2.24) is 20.2 Å². The van der Waals surface area contributed by atoms with E-state index in [9.17, 15) is 9.59 Å². The van der Waals surface area contributed by atoms with Gasteiger partial charge < -0.3 is 15.5 Å². The minimum absolute atomic E-state index is 0.0291. The number of pyridine rings is 1. The predicted molar refractivity (Wildman–Crippen MR) is 156 cm³/mol. The van der Waals surface area contributed by atoms with Crippen LogP contribution in [-0.2, 0) is 6.42 Å². The fraction of sp³-hybridized carbons (Fsp3) is 0.379. The number of thiazole rings is 1. The second kappa shape index (κ2) is 12.6. The Balaban J connectivity index is 1.25. The molecule has 5 rings (SSSR count). The lowest BCUT2D eigenvalue weighted by atomic mass is 10.1. The molecule has 1 aromatic carbocycles. The molecule has 7 nitrogen and oxygen atoms in total. The molecule has 198 valence electrons. The highest BCUT2D eigenvalue weighted by atomic mass is 32.1. The van der Waals surface area contributed by atoms with Gasteiger partial charge in [0.05, 0.1) is 10.6 Å². The molecule has 1 saturated heterocycles. The Kier molecular flexibility index (Phi) is 8.78. The normalized spacial score (nSPS) is 14.0. The van der Waals surface area contributed by atoms with Crippen LogP contribution in [0.25, 0.3) is 20.8 Å². The van der Waals surface area contributed by atoms with Gasteiger partial charge in [-0.1, -0.05) is 25.8 Å². The third kappa shape index (κ3) is 6.46. The summed E-state index contributed by atoms with van der Waals surface area (Å²) < 4.78 is 0. The molecule has 0 atom stereocenters. The van der Waals surface area contributed by atoms with Crippen LogP contribution in [0.4, 0.5) is 5.69 Å². The van der Waals surface area contributed by atoms with Crippen LogP contribution in [0.5, 0.6) is 0 Å². The fourth-order valence-corrected chi connectivity index (χ4v) is 6.56. The Bertz CT molecular complexity index is 1360. The zero-order valence-corrected chi connectivity index (χ0v) is 23.3. The van der Waals surface area contributed by atoms with Crippen molar-refractivity contribution in [2.75, 3.05) is 31.5 Å². The van der Waals surface area contributed by atoms with Gasteiger partial charge in [-0.2, -0.15) is 0 Å². The van der Waals surface area contributed by atoms with E-state index in [2.05, 4.69) is 27.4 Å². The molecule has 4 aromatic rings. The molecular weight excluding hydrogens is 514 g/mol. The number of thiophene rings is 1. The number of nitrogens with zero attached hydrogens (tertiary/aromatic N) is 3. The Labute approximate surface area is 231 Å². The van der Waals surface area contributed by atoms with Crippen LogP contribution in [0.15, 0.2) is 48.7 Å². The fourth-order valence-electron chi connectivity index (χ4n) is 4.63. The number of amides is 2. The standard InChI is InChI=1S/C29H33N5O2S2/c1-2-3-9-23-25(27(36)30-15-18-34-16-5-4-6-17-34)38-29(33-23)20-10-12-22(13-11-20)32-26(35)24-19-21-8-7-14-31-28(21)37-24/h7-8,10-14,19H,2-6,9,15-18H2,1H3,(H,30,36)(H,32,35). The average molecular weight is 548 g/mol. The van der Waals surface area contributed by atoms with Crippen molar-refractivity contribution < 1.29 is 9.59 Å². The first-order valence-electron chi connectivity index (χ1n) is 13.4. The lowest BCUT2D eigenvalue weighted by Gasteiger charge is -2.26. The quantitative estimate of drug-likeness (QED) is 0.246. The van der Waals surface area contributed by atoms with Gasteiger partial charge in [0.15, 0.2) is 0 Å². The summed E-state index contributed by atoms with van der Waals surface area (Å²) >= 11 is 2.83. The molecule has 9 heteroatoms. The highest BCUT2D eigenvalue weighted by molar-refractivity contribution is 7.20. The smallest absolute Gasteiger partial charge is 0.265 e. The molecule has 2 N–H and O–H groups in total. The number of carbonyl (C=O) groups excluding carboxylic acids is 2. The molecule has 1 fully saturated rings. The number of aryl methyl sites for hydroxylation is 1. The van der Waals surface area contributed by atoms with Crippen LogP contribution in [0.2, 0.25) is 0 Å². The van der Waals surface area contributed by atoms with Crippen molar-refractivity contribution in [3.05, 3.63) is 64.1 Å². The second-order valence-corrected chi connectivity index (χ2v) is 11.6. The van der Waals surface area contributed by atoms with Gasteiger partial charge in [-0.25, -0.2) is 9.97 Å². The zero-order chi connectivity index (χ0) is 26.3. The molecule has 0 radical (unpaired) electrons. The molecule has 0 unspecified atom stereocenters. The van der Waals surface area contributed by atoms with Crippen LogP contribution >= 0.6 is 22.7 Å². The van der Waals surface area contributed by atoms with Crippen LogP contribution in [0.3, 0.4) is 0 Å². The third-order valence-corrected chi connectivity index (χ3v) is 8.94. The number of hydrogen-bond donors (Lipinski definition) is 2. The number of aromatic nitrogens is 2. The lowest BCUT2D eigenvalue weighted by Crippen LogP contribution is -2.37. The summed E-state index contributed by atoms with van der Waals surface area (Å²) in [5.74, 6) is -0.182. The molecule has 1 aliphatic rings. The summed E-state index contributed by atoms with van der Waals surface area (Å²) in [7, 11) is 0. The topological polar surface area (TPSA) is 87.2 Å². The number of unbranched alkanes of at least 4 members (excludes halogenated alkanes) is 1. The molecular formula is C29H33N5O2S2. The molecule has 38 heavy (non-hydrogen) atoms. The molecule has 2 amide bonds. The third-order valence-electron chi connectivity index (χ3n) is 6.74. The summed E-state index contributed by atoms with van der Waals surface area (Å²) in [6.45, 7) is 5.95. The van der Waals surface area contributed by atoms with Gasteiger partial charge in [0.1, 0.15) is 14.7 Å². The van der Waals surface area contributed by atoms with E-state index in [-0.39, 0.29) is 11.8 Å². The van der Waals surface area contributed by atoms with Gasteiger partial charge in [-0.3, -0.25) is 9.59 Å². The Morgan fingerprint density at radius 2 is 1.84 bits per heavy atom. The number of carbonyl (C=O) groups is 2. The first-order valence-corrected chi connectivity index (χ1v) is 15.0. The number of nitrogens with one attached hydrogen (secondary N) is 2. The van der Waals surface area contributed by atoms with E-state index in [1.54, 1.807) is 6.20 Å². The van der Waals surface area contributed by atoms with Crippen molar-refractivity contribution >= 4 is 50.4 Å². The predicted octanol–water partition coefficient (Wildman–Crippen LogP) is 6.23. The van der Waals surface area contributed by atoms with E-state index in [0.29, 0.717) is 22.0 Å². The van der Waals surface area contributed by atoms with E-state index in [1.165, 1.54) is 41.9 Å². The number of fused-ring (bicyclic) bond motifs is 1. The molecule has 0 spiro atoms. The van der Waals surface area contributed by atoms with E-state index < -0.39 is 0 Å². The average Bonchev–Trinajstić information content (AvgIpc) is 3.58.